The highest BCUT2D eigenvalue weighted by Gasteiger charge is 2.11. The van der Waals surface area contributed by atoms with E-state index in [1.54, 1.807) is 36.4 Å². The van der Waals surface area contributed by atoms with Crippen LogP contribution in [-0.2, 0) is 0 Å². The van der Waals surface area contributed by atoms with Gasteiger partial charge in [-0.05, 0) is 77.9 Å². The second kappa shape index (κ2) is 10.5. The Balaban J connectivity index is 1.36. The number of carbonyl (C=O) groups is 2. The van der Waals surface area contributed by atoms with Crippen LogP contribution in [0.2, 0.25) is 0 Å². The van der Waals surface area contributed by atoms with Gasteiger partial charge < -0.3 is 10.6 Å². The summed E-state index contributed by atoms with van der Waals surface area (Å²) in [4.78, 5) is 25.1. The van der Waals surface area contributed by atoms with Crippen LogP contribution in [-0.4, -0.2) is 16.9 Å². The smallest absolute Gasteiger partial charge is 0.257 e. The normalized spacial score (nSPS) is 10.3. The van der Waals surface area contributed by atoms with Crippen LogP contribution in [0.3, 0.4) is 0 Å². The first-order valence-corrected chi connectivity index (χ1v) is 10.8. The molecule has 0 aliphatic rings. The van der Waals surface area contributed by atoms with E-state index in [0.29, 0.717) is 22.5 Å². The van der Waals surface area contributed by atoms with Crippen molar-refractivity contribution in [2.75, 3.05) is 10.6 Å². The molecule has 0 heterocycles. The molecule has 2 amide bonds. The standard InChI is InChI=1S/C27H20FN3O2S/c28-22-13-15-23(16-14-22)29-26(33)21-7-4-8-24(17-21)30-27(34)31-25(32)20-11-9-19(10-12-20)18-5-2-1-3-6-18/h1-17H,(H,29,33)(H2,30,31,32,34). The molecule has 4 aromatic carbocycles. The quantitative estimate of drug-likeness (QED) is 0.320. The first-order chi connectivity index (χ1) is 16.5. The Morgan fingerprint density at radius 2 is 1.29 bits per heavy atom. The largest absolute Gasteiger partial charge is 0.332 e. The van der Waals surface area contributed by atoms with Gasteiger partial charge in [0.05, 0.1) is 0 Å². The van der Waals surface area contributed by atoms with E-state index in [4.69, 9.17) is 12.2 Å². The molecule has 3 N–H and O–H groups in total. The Labute approximate surface area is 201 Å². The lowest BCUT2D eigenvalue weighted by molar-refractivity contribution is 0.0976. The maximum Gasteiger partial charge on any atom is 0.257 e. The molecular weight excluding hydrogens is 449 g/mol. The molecule has 0 aromatic heterocycles. The number of rotatable bonds is 5. The van der Waals surface area contributed by atoms with Crippen molar-refractivity contribution in [1.82, 2.24) is 5.32 Å². The van der Waals surface area contributed by atoms with Crippen LogP contribution < -0.4 is 16.0 Å². The molecule has 34 heavy (non-hydrogen) atoms. The van der Waals surface area contributed by atoms with E-state index in [0.717, 1.165) is 11.1 Å². The minimum atomic E-state index is -0.383. The molecule has 0 saturated carbocycles. The molecule has 168 valence electrons. The molecule has 4 aromatic rings. The van der Waals surface area contributed by atoms with E-state index in [2.05, 4.69) is 16.0 Å². The molecule has 4 rings (SSSR count). The van der Waals surface area contributed by atoms with Gasteiger partial charge >= 0.3 is 0 Å². The summed E-state index contributed by atoms with van der Waals surface area (Å²) in [6.45, 7) is 0. The average Bonchev–Trinajstić information content (AvgIpc) is 2.86. The van der Waals surface area contributed by atoms with Crippen molar-refractivity contribution in [2.45, 2.75) is 0 Å². The van der Waals surface area contributed by atoms with Crippen molar-refractivity contribution >= 4 is 40.5 Å². The second-order valence-corrected chi connectivity index (χ2v) is 7.80. The molecule has 0 saturated heterocycles. The number of carbonyl (C=O) groups excluding carboxylic acids is 2. The van der Waals surface area contributed by atoms with E-state index in [1.165, 1.54) is 24.3 Å². The van der Waals surface area contributed by atoms with E-state index in [1.807, 2.05) is 42.5 Å². The van der Waals surface area contributed by atoms with E-state index >= 15 is 0 Å². The summed E-state index contributed by atoms with van der Waals surface area (Å²) in [7, 11) is 0. The van der Waals surface area contributed by atoms with Crippen molar-refractivity contribution in [3.63, 3.8) is 0 Å². The fourth-order valence-corrected chi connectivity index (χ4v) is 3.47. The van der Waals surface area contributed by atoms with E-state index in [-0.39, 0.29) is 22.7 Å². The monoisotopic (exact) mass is 469 g/mol. The van der Waals surface area contributed by atoms with Gasteiger partial charge in [-0.25, -0.2) is 4.39 Å². The minimum absolute atomic E-state index is 0.105. The Kier molecular flexibility index (Phi) is 7.05. The van der Waals surface area contributed by atoms with Crippen LogP contribution in [0.4, 0.5) is 15.8 Å². The molecule has 0 spiro atoms. The molecular formula is C27H20FN3O2S. The molecule has 0 bridgehead atoms. The van der Waals surface area contributed by atoms with Gasteiger partial charge in [0.15, 0.2) is 5.11 Å². The van der Waals surface area contributed by atoms with Gasteiger partial charge in [-0.3, -0.25) is 14.9 Å². The first kappa shape index (κ1) is 22.8. The Bertz CT molecular complexity index is 1320. The van der Waals surface area contributed by atoms with Crippen molar-refractivity contribution in [1.29, 1.82) is 0 Å². The van der Waals surface area contributed by atoms with Gasteiger partial charge in [0.1, 0.15) is 5.82 Å². The van der Waals surface area contributed by atoms with Gasteiger partial charge in [0.2, 0.25) is 0 Å². The van der Waals surface area contributed by atoms with Crippen LogP contribution in [0.5, 0.6) is 0 Å². The molecule has 5 nitrogen and oxygen atoms in total. The fraction of sp³-hybridized carbons (Fsp3) is 0. The topological polar surface area (TPSA) is 70.2 Å². The van der Waals surface area contributed by atoms with Crippen molar-refractivity contribution in [2.24, 2.45) is 0 Å². The average molecular weight is 470 g/mol. The minimum Gasteiger partial charge on any atom is -0.332 e. The number of amides is 2. The summed E-state index contributed by atoms with van der Waals surface area (Å²) >= 11 is 5.26. The highest BCUT2D eigenvalue weighted by atomic mass is 32.1. The molecule has 0 aliphatic carbocycles. The Hall–Kier alpha value is -4.36. The van der Waals surface area contributed by atoms with Crippen LogP contribution in [0, 0.1) is 5.82 Å². The molecule has 0 aliphatic heterocycles. The Morgan fingerprint density at radius 1 is 0.618 bits per heavy atom. The highest BCUT2D eigenvalue weighted by molar-refractivity contribution is 7.80. The van der Waals surface area contributed by atoms with Crippen LogP contribution in [0.1, 0.15) is 20.7 Å². The number of anilines is 2. The highest BCUT2D eigenvalue weighted by Crippen LogP contribution is 2.19. The maximum absolute atomic E-state index is 13.0. The van der Waals surface area contributed by atoms with Gasteiger partial charge in [0.25, 0.3) is 11.8 Å². The number of nitrogens with one attached hydrogen (secondary N) is 3. The summed E-state index contributed by atoms with van der Waals surface area (Å²) in [5, 5.41) is 8.36. The lowest BCUT2D eigenvalue weighted by Gasteiger charge is -2.11. The molecule has 0 atom stereocenters. The summed E-state index contributed by atoms with van der Waals surface area (Å²) in [6.07, 6.45) is 0. The molecule has 0 unspecified atom stereocenters. The lowest BCUT2D eigenvalue weighted by atomic mass is 10.0. The number of hydrogen-bond acceptors (Lipinski definition) is 3. The number of hydrogen-bond donors (Lipinski definition) is 3. The molecule has 7 heteroatoms. The lowest BCUT2D eigenvalue weighted by Crippen LogP contribution is -2.34. The predicted octanol–water partition coefficient (Wildman–Crippen LogP) is 5.87. The van der Waals surface area contributed by atoms with Crippen molar-refractivity contribution in [3.8, 4) is 11.1 Å². The number of thiocarbonyl (C=S) groups is 1. The van der Waals surface area contributed by atoms with Crippen molar-refractivity contribution in [3.05, 3.63) is 120 Å². The third-order valence-electron chi connectivity index (χ3n) is 4.97. The SMILES string of the molecule is O=C(NC(=S)Nc1cccc(C(=O)Nc2ccc(F)cc2)c1)c1ccc(-c2ccccc2)cc1. The zero-order valence-corrected chi connectivity index (χ0v) is 18.7. The van der Waals surface area contributed by atoms with Crippen LogP contribution in [0.25, 0.3) is 11.1 Å². The van der Waals surface area contributed by atoms with Gasteiger partial charge in [-0.2, -0.15) is 0 Å². The summed E-state index contributed by atoms with van der Waals surface area (Å²) in [6, 6.07) is 29.3. The predicted molar refractivity (Wildman–Crippen MR) is 136 cm³/mol. The number of halogens is 1. The van der Waals surface area contributed by atoms with Crippen LogP contribution in [0.15, 0.2) is 103 Å². The summed E-state index contributed by atoms with van der Waals surface area (Å²) in [5.74, 6) is -1.09. The van der Waals surface area contributed by atoms with E-state index < -0.39 is 0 Å². The van der Waals surface area contributed by atoms with E-state index in [9.17, 15) is 14.0 Å². The first-order valence-electron chi connectivity index (χ1n) is 10.4. The van der Waals surface area contributed by atoms with Crippen LogP contribution >= 0.6 is 12.2 Å². The van der Waals surface area contributed by atoms with Gasteiger partial charge in [-0.15, -0.1) is 0 Å². The summed E-state index contributed by atoms with van der Waals surface area (Å²) < 4.78 is 13.0. The third kappa shape index (κ3) is 5.90. The number of benzene rings is 4. The molecule has 0 radical (unpaired) electrons. The van der Waals surface area contributed by atoms with Gasteiger partial charge in [-0.1, -0.05) is 48.5 Å². The zero-order valence-electron chi connectivity index (χ0n) is 17.9. The Morgan fingerprint density at radius 3 is 2.00 bits per heavy atom. The maximum atomic E-state index is 13.0. The van der Waals surface area contributed by atoms with Gasteiger partial charge in [0, 0.05) is 22.5 Å². The molecule has 0 fully saturated rings. The fourth-order valence-electron chi connectivity index (χ4n) is 3.26. The summed E-state index contributed by atoms with van der Waals surface area (Å²) in [5.41, 5.74) is 3.93. The zero-order chi connectivity index (χ0) is 23.9. The third-order valence-corrected chi connectivity index (χ3v) is 5.17. The second-order valence-electron chi connectivity index (χ2n) is 7.39. The van der Waals surface area contributed by atoms with Crippen molar-refractivity contribution < 1.29 is 14.0 Å².